The van der Waals surface area contributed by atoms with Crippen LogP contribution in [0.25, 0.3) is 0 Å². The molecule has 0 bridgehead atoms. The van der Waals surface area contributed by atoms with Gasteiger partial charge >= 0.3 is 12.1 Å². The summed E-state index contributed by atoms with van der Waals surface area (Å²) >= 11 is 0. The highest BCUT2D eigenvalue weighted by Gasteiger charge is 2.29. The number of carbonyl (C=O) groups is 4. The van der Waals surface area contributed by atoms with Gasteiger partial charge in [-0.2, -0.15) is 0 Å². The van der Waals surface area contributed by atoms with Gasteiger partial charge in [0.05, 0.1) is 6.42 Å². The van der Waals surface area contributed by atoms with Gasteiger partial charge in [0.2, 0.25) is 11.8 Å². The number of carbonyl (C=O) groups excluding carboxylic acids is 4. The van der Waals surface area contributed by atoms with Crippen LogP contribution in [0.4, 0.5) is 4.79 Å². The van der Waals surface area contributed by atoms with Crippen molar-refractivity contribution in [2.24, 2.45) is 5.73 Å². The maximum atomic E-state index is 13.0. The maximum Gasteiger partial charge on any atom is 0.408 e. The van der Waals surface area contributed by atoms with Crippen LogP contribution in [0.1, 0.15) is 38.3 Å². The van der Waals surface area contributed by atoms with E-state index in [1.54, 1.807) is 69.3 Å². The average molecular weight is 470 g/mol. The van der Waals surface area contributed by atoms with E-state index in [4.69, 9.17) is 15.2 Å². The zero-order valence-electron chi connectivity index (χ0n) is 19.6. The van der Waals surface area contributed by atoms with Crippen molar-refractivity contribution in [1.29, 1.82) is 0 Å². The van der Waals surface area contributed by atoms with Gasteiger partial charge in [0.1, 0.15) is 24.3 Å². The van der Waals surface area contributed by atoms with Crippen LogP contribution in [0.5, 0.6) is 0 Å². The van der Waals surface area contributed by atoms with Crippen LogP contribution >= 0.6 is 0 Å². The highest BCUT2D eigenvalue weighted by atomic mass is 16.6. The van der Waals surface area contributed by atoms with Crippen molar-refractivity contribution in [2.75, 3.05) is 0 Å². The van der Waals surface area contributed by atoms with Crippen molar-refractivity contribution < 1.29 is 28.7 Å². The molecule has 0 aliphatic rings. The normalized spacial score (nSPS) is 12.7. The zero-order valence-corrected chi connectivity index (χ0v) is 19.6. The van der Waals surface area contributed by atoms with Crippen LogP contribution in [0.2, 0.25) is 0 Å². The summed E-state index contributed by atoms with van der Waals surface area (Å²) in [7, 11) is 0. The van der Waals surface area contributed by atoms with E-state index in [1.165, 1.54) is 0 Å². The lowest BCUT2D eigenvalue weighted by atomic mass is 10.0. The quantitative estimate of drug-likeness (QED) is 0.457. The lowest BCUT2D eigenvalue weighted by Gasteiger charge is -2.24. The first kappa shape index (κ1) is 26.4. The Morgan fingerprint density at radius 2 is 1.41 bits per heavy atom. The Morgan fingerprint density at radius 3 is 1.94 bits per heavy atom. The van der Waals surface area contributed by atoms with Crippen LogP contribution < -0.4 is 16.4 Å². The standard InChI is InChI=1S/C25H31N3O6/c1-25(2,3)34-24(32)28-20(14-17-10-6-4-7-11-17)23(31)27-19(22(26)30)15-21(29)33-16-18-12-8-5-9-13-18/h4-13,19-20H,14-16H2,1-3H3,(H2,26,30)(H,27,31)(H,28,32)/t19-,20+/m1/s1. The molecule has 0 spiro atoms. The Morgan fingerprint density at radius 1 is 0.853 bits per heavy atom. The zero-order chi connectivity index (χ0) is 25.1. The molecule has 0 aromatic heterocycles. The molecule has 0 saturated carbocycles. The topological polar surface area (TPSA) is 137 Å². The summed E-state index contributed by atoms with van der Waals surface area (Å²) in [6.07, 6.45) is -1.10. The van der Waals surface area contributed by atoms with Gasteiger partial charge in [0.15, 0.2) is 0 Å². The van der Waals surface area contributed by atoms with E-state index in [0.29, 0.717) is 0 Å². The smallest absolute Gasteiger partial charge is 0.408 e. The summed E-state index contributed by atoms with van der Waals surface area (Å²) in [5, 5.41) is 4.97. The molecule has 2 atom stereocenters. The number of benzene rings is 2. The number of esters is 1. The Labute approximate surface area is 199 Å². The van der Waals surface area contributed by atoms with Gasteiger partial charge in [-0.05, 0) is 31.9 Å². The van der Waals surface area contributed by atoms with Crippen molar-refractivity contribution in [1.82, 2.24) is 10.6 Å². The molecule has 3 amide bonds. The number of nitrogens with two attached hydrogens (primary N) is 1. The van der Waals surface area contributed by atoms with E-state index in [0.717, 1.165) is 11.1 Å². The Balaban J connectivity index is 2.05. The molecule has 0 heterocycles. The largest absolute Gasteiger partial charge is 0.461 e. The minimum Gasteiger partial charge on any atom is -0.461 e. The molecule has 0 unspecified atom stereocenters. The molecule has 0 radical (unpaired) electrons. The molecular weight excluding hydrogens is 438 g/mol. The molecule has 2 rings (SSSR count). The monoisotopic (exact) mass is 469 g/mol. The van der Waals surface area contributed by atoms with Gasteiger partial charge in [0.25, 0.3) is 0 Å². The minimum absolute atomic E-state index is 0.0237. The molecule has 2 aromatic carbocycles. The third-order valence-electron chi connectivity index (χ3n) is 4.56. The highest BCUT2D eigenvalue weighted by Crippen LogP contribution is 2.10. The molecule has 2 aromatic rings. The van der Waals surface area contributed by atoms with E-state index in [1.807, 2.05) is 12.1 Å². The van der Waals surface area contributed by atoms with E-state index < -0.39 is 48.0 Å². The number of hydrogen-bond acceptors (Lipinski definition) is 6. The maximum absolute atomic E-state index is 13.0. The second-order valence-corrected chi connectivity index (χ2v) is 8.70. The molecule has 0 aliphatic carbocycles. The predicted octanol–water partition coefficient (Wildman–Crippen LogP) is 2.23. The van der Waals surface area contributed by atoms with Gasteiger partial charge in [-0.25, -0.2) is 4.79 Å². The third kappa shape index (κ3) is 9.72. The average Bonchev–Trinajstić information content (AvgIpc) is 2.77. The van der Waals surface area contributed by atoms with Crippen molar-refractivity contribution in [3.8, 4) is 0 Å². The van der Waals surface area contributed by atoms with Gasteiger partial charge in [0, 0.05) is 6.42 Å². The first-order valence-electron chi connectivity index (χ1n) is 10.9. The summed E-state index contributed by atoms with van der Waals surface area (Å²) in [6, 6.07) is 15.7. The number of primary amides is 1. The van der Waals surface area contributed by atoms with Crippen molar-refractivity contribution >= 4 is 23.9 Å². The van der Waals surface area contributed by atoms with Gasteiger partial charge in [-0.3, -0.25) is 14.4 Å². The van der Waals surface area contributed by atoms with E-state index >= 15 is 0 Å². The fraction of sp³-hybridized carbons (Fsp3) is 0.360. The molecule has 0 fully saturated rings. The highest BCUT2D eigenvalue weighted by molar-refractivity contribution is 5.93. The van der Waals surface area contributed by atoms with Crippen LogP contribution in [0, 0.1) is 0 Å². The number of ether oxygens (including phenoxy) is 2. The molecule has 0 aliphatic heterocycles. The Hall–Kier alpha value is -3.88. The van der Waals surface area contributed by atoms with Gasteiger partial charge in [-0.15, -0.1) is 0 Å². The first-order valence-corrected chi connectivity index (χ1v) is 10.9. The first-order chi connectivity index (χ1) is 16.0. The molecule has 182 valence electrons. The van der Waals surface area contributed by atoms with E-state index in [9.17, 15) is 19.2 Å². The summed E-state index contributed by atoms with van der Waals surface area (Å²) in [4.78, 5) is 49.4. The van der Waals surface area contributed by atoms with Gasteiger partial charge in [-0.1, -0.05) is 60.7 Å². The molecule has 4 N–H and O–H groups in total. The van der Waals surface area contributed by atoms with E-state index in [-0.39, 0.29) is 13.0 Å². The van der Waals surface area contributed by atoms with Crippen molar-refractivity contribution in [2.45, 2.75) is 57.9 Å². The summed E-state index contributed by atoms with van der Waals surface area (Å²) in [5.74, 6) is -2.29. The molecule has 9 heteroatoms. The van der Waals surface area contributed by atoms with Crippen molar-refractivity contribution in [3.05, 3.63) is 71.8 Å². The number of rotatable bonds is 10. The van der Waals surface area contributed by atoms with E-state index in [2.05, 4.69) is 10.6 Å². The van der Waals surface area contributed by atoms with Crippen LogP contribution in [-0.4, -0.2) is 41.6 Å². The number of alkyl carbamates (subject to hydrolysis) is 1. The second-order valence-electron chi connectivity index (χ2n) is 8.70. The third-order valence-corrected chi connectivity index (χ3v) is 4.56. The molecule has 0 saturated heterocycles. The summed E-state index contributed by atoms with van der Waals surface area (Å²) in [6.45, 7) is 5.12. The Kier molecular flexibility index (Phi) is 9.61. The lowest BCUT2D eigenvalue weighted by molar-refractivity contribution is -0.147. The molecule has 9 nitrogen and oxygen atoms in total. The summed E-state index contributed by atoms with van der Waals surface area (Å²) in [5.41, 5.74) is 6.19. The van der Waals surface area contributed by atoms with Crippen molar-refractivity contribution in [3.63, 3.8) is 0 Å². The summed E-state index contributed by atoms with van der Waals surface area (Å²) < 4.78 is 10.4. The number of nitrogens with one attached hydrogen (secondary N) is 2. The van der Waals surface area contributed by atoms with Gasteiger partial charge < -0.3 is 25.8 Å². The second kappa shape index (κ2) is 12.4. The number of hydrogen-bond donors (Lipinski definition) is 3. The fourth-order valence-corrected chi connectivity index (χ4v) is 2.97. The minimum atomic E-state index is -1.31. The Bertz CT molecular complexity index is 973. The fourth-order valence-electron chi connectivity index (χ4n) is 2.97. The SMILES string of the molecule is CC(C)(C)OC(=O)N[C@@H](Cc1ccccc1)C(=O)N[C@H](CC(=O)OCc1ccccc1)C(N)=O. The molecular formula is C25H31N3O6. The lowest BCUT2D eigenvalue weighted by Crippen LogP contribution is -2.54. The van der Waals surface area contributed by atoms with Crippen LogP contribution in [-0.2, 0) is 36.9 Å². The predicted molar refractivity (Wildman–Crippen MR) is 125 cm³/mol. The van der Waals surface area contributed by atoms with Crippen LogP contribution in [0.15, 0.2) is 60.7 Å². The molecule has 34 heavy (non-hydrogen) atoms. The van der Waals surface area contributed by atoms with Crippen LogP contribution in [0.3, 0.4) is 0 Å². The number of amides is 3.